The molecule has 144 valence electrons. The summed E-state index contributed by atoms with van der Waals surface area (Å²) >= 11 is 0. The van der Waals surface area contributed by atoms with E-state index >= 15 is 0 Å². The quantitative estimate of drug-likeness (QED) is 0.633. The number of carbonyl (C=O) groups excluding carboxylic acids is 1. The van der Waals surface area contributed by atoms with Gasteiger partial charge in [0.15, 0.2) is 5.82 Å². The fourth-order valence-electron chi connectivity index (χ4n) is 2.42. The fourth-order valence-corrected chi connectivity index (χ4v) is 2.42. The Morgan fingerprint density at radius 2 is 1.64 bits per heavy atom. The zero-order valence-electron chi connectivity index (χ0n) is 15.0. The summed E-state index contributed by atoms with van der Waals surface area (Å²) in [6.07, 6.45) is 2.63. The molecule has 3 aromatic rings. The number of amides is 1. The van der Waals surface area contributed by atoms with Crippen molar-refractivity contribution >= 4 is 11.6 Å². The number of nitrogens with one attached hydrogen (secondary N) is 2. The molecule has 28 heavy (non-hydrogen) atoms. The van der Waals surface area contributed by atoms with Crippen molar-refractivity contribution in [3.63, 3.8) is 0 Å². The van der Waals surface area contributed by atoms with Gasteiger partial charge in [-0.05, 0) is 23.8 Å². The maximum absolute atomic E-state index is 13.7. The molecule has 0 aliphatic heterocycles. The van der Waals surface area contributed by atoms with Crippen molar-refractivity contribution in [1.82, 2.24) is 15.4 Å². The third kappa shape index (κ3) is 4.14. The molecule has 3 rings (SSSR count). The Hall–Kier alpha value is -3.75. The highest BCUT2D eigenvalue weighted by atomic mass is 19.1. The minimum Gasteiger partial charge on any atom is -0.481 e. The molecule has 7 nitrogen and oxygen atoms in total. The molecule has 9 heteroatoms. The van der Waals surface area contributed by atoms with E-state index in [0.717, 1.165) is 6.07 Å². The number of methoxy groups -OCH3 is 2. The van der Waals surface area contributed by atoms with Crippen LogP contribution in [0.25, 0.3) is 11.1 Å². The summed E-state index contributed by atoms with van der Waals surface area (Å²) in [7, 11) is 2.75. The van der Waals surface area contributed by atoms with Crippen molar-refractivity contribution in [3.8, 4) is 22.9 Å². The van der Waals surface area contributed by atoms with Crippen LogP contribution in [0.2, 0.25) is 0 Å². The SMILES string of the molecule is COc1ncc(NNC(=O)c2cnc(OC)c(-c3ccc(F)cc3)c2)cc1F. The van der Waals surface area contributed by atoms with E-state index in [9.17, 15) is 13.6 Å². The van der Waals surface area contributed by atoms with Gasteiger partial charge in [0.05, 0.1) is 31.7 Å². The van der Waals surface area contributed by atoms with Crippen LogP contribution in [0.15, 0.2) is 48.8 Å². The summed E-state index contributed by atoms with van der Waals surface area (Å²) in [5.74, 6) is -1.44. The number of benzene rings is 1. The molecule has 0 atom stereocenters. The number of hydrogen-bond donors (Lipinski definition) is 2. The maximum atomic E-state index is 13.7. The molecule has 0 saturated carbocycles. The van der Waals surface area contributed by atoms with Crippen LogP contribution in [0.5, 0.6) is 11.8 Å². The maximum Gasteiger partial charge on any atom is 0.271 e. The lowest BCUT2D eigenvalue weighted by molar-refractivity contribution is 0.0962. The van der Waals surface area contributed by atoms with Gasteiger partial charge in [-0.1, -0.05) is 12.1 Å². The zero-order chi connectivity index (χ0) is 20.1. The monoisotopic (exact) mass is 386 g/mol. The van der Waals surface area contributed by atoms with Crippen molar-refractivity contribution in [2.45, 2.75) is 0 Å². The van der Waals surface area contributed by atoms with Gasteiger partial charge in [0.25, 0.3) is 5.91 Å². The van der Waals surface area contributed by atoms with Gasteiger partial charge in [0.1, 0.15) is 5.82 Å². The fraction of sp³-hybridized carbons (Fsp3) is 0.105. The van der Waals surface area contributed by atoms with Crippen LogP contribution in [-0.2, 0) is 0 Å². The Morgan fingerprint density at radius 1 is 0.964 bits per heavy atom. The minimum atomic E-state index is -0.675. The van der Waals surface area contributed by atoms with Crippen molar-refractivity contribution in [2.75, 3.05) is 19.6 Å². The van der Waals surface area contributed by atoms with Gasteiger partial charge in [0.2, 0.25) is 11.8 Å². The molecule has 0 saturated heterocycles. The van der Waals surface area contributed by atoms with Gasteiger partial charge in [-0.15, -0.1) is 0 Å². The molecule has 0 radical (unpaired) electrons. The number of pyridine rings is 2. The second-order valence-electron chi connectivity index (χ2n) is 5.58. The molecule has 0 spiro atoms. The molecule has 0 unspecified atom stereocenters. The normalized spacial score (nSPS) is 10.3. The Morgan fingerprint density at radius 3 is 2.29 bits per heavy atom. The predicted molar refractivity (Wildman–Crippen MR) is 98.0 cm³/mol. The van der Waals surface area contributed by atoms with Crippen LogP contribution in [-0.4, -0.2) is 30.1 Å². The molecule has 0 fully saturated rings. The highest BCUT2D eigenvalue weighted by molar-refractivity contribution is 5.96. The predicted octanol–water partition coefficient (Wildman–Crippen LogP) is 3.20. The first kappa shape index (κ1) is 19.0. The van der Waals surface area contributed by atoms with Gasteiger partial charge in [0, 0.05) is 17.8 Å². The summed E-state index contributed by atoms with van der Waals surface area (Å²) in [4.78, 5) is 20.3. The molecule has 2 aromatic heterocycles. The molecule has 0 bridgehead atoms. The minimum absolute atomic E-state index is 0.153. The summed E-state index contributed by atoms with van der Waals surface area (Å²) in [5.41, 5.74) is 6.59. The van der Waals surface area contributed by atoms with Crippen molar-refractivity contribution in [2.24, 2.45) is 0 Å². The first-order valence-electron chi connectivity index (χ1n) is 8.07. The third-order valence-electron chi connectivity index (χ3n) is 3.78. The van der Waals surface area contributed by atoms with E-state index < -0.39 is 11.7 Å². The van der Waals surface area contributed by atoms with Crippen LogP contribution >= 0.6 is 0 Å². The van der Waals surface area contributed by atoms with Crippen LogP contribution in [0.1, 0.15) is 10.4 Å². The Bertz CT molecular complexity index is 997. The van der Waals surface area contributed by atoms with Crippen LogP contribution < -0.4 is 20.3 Å². The molecule has 0 aliphatic carbocycles. The lowest BCUT2D eigenvalue weighted by Crippen LogP contribution is -2.29. The highest BCUT2D eigenvalue weighted by Crippen LogP contribution is 2.29. The average Bonchev–Trinajstić information content (AvgIpc) is 2.72. The molecule has 2 heterocycles. The van der Waals surface area contributed by atoms with E-state index in [2.05, 4.69) is 20.8 Å². The van der Waals surface area contributed by atoms with Crippen LogP contribution in [0.3, 0.4) is 0 Å². The van der Waals surface area contributed by atoms with Crippen molar-refractivity contribution in [1.29, 1.82) is 0 Å². The largest absolute Gasteiger partial charge is 0.481 e. The van der Waals surface area contributed by atoms with E-state index in [-0.39, 0.29) is 28.8 Å². The van der Waals surface area contributed by atoms with Gasteiger partial charge >= 0.3 is 0 Å². The molecule has 2 N–H and O–H groups in total. The molecular weight excluding hydrogens is 370 g/mol. The zero-order valence-corrected chi connectivity index (χ0v) is 15.0. The first-order chi connectivity index (χ1) is 13.5. The number of hydrogen-bond acceptors (Lipinski definition) is 6. The van der Waals surface area contributed by atoms with Gasteiger partial charge < -0.3 is 9.47 Å². The summed E-state index contributed by atoms with van der Waals surface area (Å²) < 4.78 is 36.8. The third-order valence-corrected chi connectivity index (χ3v) is 3.78. The summed E-state index contributed by atoms with van der Waals surface area (Å²) in [6.45, 7) is 0. The molecular formula is C19H16F2N4O3. The highest BCUT2D eigenvalue weighted by Gasteiger charge is 2.14. The number of rotatable bonds is 6. The van der Waals surface area contributed by atoms with Crippen LogP contribution in [0, 0.1) is 11.6 Å². The summed E-state index contributed by atoms with van der Waals surface area (Å²) in [6, 6.07) is 8.40. The van der Waals surface area contributed by atoms with E-state index in [0.29, 0.717) is 11.1 Å². The topological polar surface area (TPSA) is 85.4 Å². The number of aromatic nitrogens is 2. The van der Waals surface area contributed by atoms with Gasteiger partial charge in [-0.2, -0.15) is 0 Å². The smallest absolute Gasteiger partial charge is 0.271 e. The average molecular weight is 386 g/mol. The van der Waals surface area contributed by atoms with Gasteiger partial charge in [-0.25, -0.2) is 18.7 Å². The van der Waals surface area contributed by atoms with E-state index in [1.54, 1.807) is 18.2 Å². The van der Waals surface area contributed by atoms with Crippen molar-refractivity contribution in [3.05, 3.63) is 66.0 Å². The molecule has 1 aromatic carbocycles. The van der Waals surface area contributed by atoms with E-state index in [4.69, 9.17) is 9.47 Å². The number of nitrogens with zero attached hydrogens (tertiary/aromatic N) is 2. The number of hydrazine groups is 1. The number of ether oxygens (including phenoxy) is 2. The number of halogens is 2. The lowest BCUT2D eigenvalue weighted by Gasteiger charge is -2.12. The van der Waals surface area contributed by atoms with E-state index in [1.165, 1.54) is 38.7 Å². The number of anilines is 1. The second kappa shape index (κ2) is 8.30. The Balaban J connectivity index is 1.79. The molecule has 1 amide bonds. The Kier molecular flexibility index (Phi) is 5.64. The number of carbonyl (C=O) groups is 1. The lowest BCUT2D eigenvalue weighted by atomic mass is 10.1. The van der Waals surface area contributed by atoms with E-state index in [1.807, 2.05) is 0 Å². The first-order valence-corrected chi connectivity index (χ1v) is 8.07. The van der Waals surface area contributed by atoms with Gasteiger partial charge in [-0.3, -0.25) is 15.6 Å². The summed E-state index contributed by atoms with van der Waals surface area (Å²) in [5, 5.41) is 0. The standard InChI is InChI=1S/C19H16F2N4O3/c1-27-18-15(11-3-5-13(20)6-4-11)7-12(9-22-18)17(26)25-24-14-8-16(21)19(28-2)23-10-14/h3-10,24H,1-2H3,(H,25,26). The Labute approximate surface area is 159 Å². The molecule has 0 aliphatic rings. The second-order valence-corrected chi connectivity index (χ2v) is 5.58. The van der Waals surface area contributed by atoms with Crippen molar-refractivity contribution < 1.29 is 23.0 Å². The van der Waals surface area contributed by atoms with Crippen LogP contribution in [0.4, 0.5) is 14.5 Å².